The fourth-order valence-corrected chi connectivity index (χ4v) is 3.85. The summed E-state index contributed by atoms with van der Waals surface area (Å²) >= 11 is 0. The Morgan fingerprint density at radius 1 is 0.963 bits per heavy atom. The number of aryl methyl sites for hydroxylation is 1. The molecule has 1 aliphatic rings. The summed E-state index contributed by atoms with van der Waals surface area (Å²) in [4.78, 5) is 16.3. The van der Waals surface area contributed by atoms with Gasteiger partial charge < -0.3 is 10.1 Å². The number of H-pyrrole nitrogens is 1. The number of carbonyl (C=O) groups is 1. The molecular weight excluding hydrogens is 334 g/mol. The van der Waals surface area contributed by atoms with Crippen molar-refractivity contribution in [2.75, 3.05) is 0 Å². The molecule has 3 aromatic rings. The minimum atomic E-state index is -0.131. The van der Waals surface area contributed by atoms with Crippen molar-refractivity contribution in [1.29, 1.82) is 0 Å². The van der Waals surface area contributed by atoms with Crippen LogP contribution in [-0.4, -0.2) is 15.9 Å². The lowest BCUT2D eigenvalue weighted by Crippen LogP contribution is -2.23. The number of rotatable bonds is 3. The third kappa shape index (κ3) is 2.47. The van der Waals surface area contributed by atoms with Crippen LogP contribution in [0.4, 0.5) is 0 Å². The van der Waals surface area contributed by atoms with Gasteiger partial charge in [0.05, 0.1) is 16.8 Å². The van der Waals surface area contributed by atoms with Gasteiger partial charge in [-0.05, 0) is 37.5 Å². The molecule has 2 aromatic carbocycles. The Bertz CT molecular complexity index is 1190. The Morgan fingerprint density at radius 3 is 2.19 bits per heavy atom. The Labute approximate surface area is 158 Å². The first-order valence-electron chi connectivity index (χ1n) is 8.94. The van der Waals surface area contributed by atoms with Crippen molar-refractivity contribution in [2.45, 2.75) is 20.8 Å². The monoisotopic (exact) mass is 355 g/mol. The highest BCUT2D eigenvalue weighted by Gasteiger charge is 2.38. The molecule has 1 heterocycles. The molecule has 134 valence electrons. The standard InChI is InChI=1S/C24H21NO2/c1-13(2)16-9-5-6-10-17(16)14(3)20-23(26)21(24(20)27)22-19-12-8-7-11-18(19)15(4)25-22/h5-12,25-26H,1H2,2-4H3/b20-14-. The van der Waals surface area contributed by atoms with Gasteiger partial charge in [-0.25, -0.2) is 0 Å². The number of ketones is 1. The van der Waals surface area contributed by atoms with Crippen LogP contribution >= 0.6 is 0 Å². The highest BCUT2D eigenvalue weighted by molar-refractivity contribution is 6.42. The van der Waals surface area contributed by atoms with Crippen LogP contribution < -0.4 is 0 Å². The number of aliphatic hydroxyl groups excluding tert-OH is 1. The molecule has 27 heavy (non-hydrogen) atoms. The Kier molecular flexibility index (Phi) is 3.88. The van der Waals surface area contributed by atoms with E-state index in [0.717, 1.165) is 38.7 Å². The first kappa shape index (κ1) is 17.1. The number of nitrogens with one attached hydrogen (secondary N) is 1. The maximum absolute atomic E-state index is 13.0. The summed E-state index contributed by atoms with van der Waals surface area (Å²) in [5.41, 5.74) is 6.02. The van der Waals surface area contributed by atoms with E-state index < -0.39 is 0 Å². The third-order valence-electron chi connectivity index (χ3n) is 5.26. The van der Waals surface area contributed by atoms with Crippen LogP contribution in [0, 0.1) is 6.92 Å². The minimum Gasteiger partial charge on any atom is -0.506 e. The van der Waals surface area contributed by atoms with Gasteiger partial charge in [0, 0.05) is 16.5 Å². The molecule has 0 aliphatic heterocycles. The number of Topliss-reactive ketones (excluding diaryl/α,β-unsaturated/α-hetero) is 1. The molecule has 4 rings (SSSR count). The second-order valence-corrected chi connectivity index (χ2v) is 7.05. The summed E-state index contributed by atoms with van der Waals surface area (Å²) in [5.74, 6) is -0.0745. The zero-order valence-corrected chi connectivity index (χ0v) is 15.7. The molecule has 1 aromatic heterocycles. The van der Waals surface area contributed by atoms with E-state index in [4.69, 9.17) is 0 Å². The first-order chi connectivity index (χ1) is 12.9. The number of fused-ring (bicyclic) bond motifs is 1. The lowest BCUT2D eigenvalue weighted by atomic mass is 9.80. The van der Waals surface area contributed by atoms with Crippen LogP contribution in [0.5, 0.6) is 0 Å². The van der Waals surface area contributed by atoms with Crippen LogP contribution in [0.3, 0.4) is 0 Å². The molecule has 0 spiro atoms. The molecule has 3 nitrogen and oxygen atoms in total. The van der Waals surface area contributed by atoms with Crippen molar-refractivity contribution >= 4 is 33.3 Å². The number of allylic oxidation sites excluding steroid dienone is 4. The molecule has 0 saturated carbocycles. The Balaban J connectivity index is 1.90. The molecular formula is C24H21NO2. The van der Waals surface area contributed by atoms with Crippen molar-refractivity contribution in [1.82, 2.24) is 4.98 Å². The van der Waals surface area contributed by atoms with E-state index >= 15 is 0 Å². The molecule has 0 bridgehead atoms. The average Bonchev–Trinajstić information content (AvgIpc) is 2.98. The van der Waals surface area contributed by atoms with E-state index in [9.17, 15) is 9.90 Å². The molecule has 3 heteroatoms. The normalized spacial score (nSPS) is 15.9. The van der Waals surface area contributed by atoms with Crippen molar-refractivity contribution in [2.24, 2.45) is 0 Å². The van der Waals surface area contributed by atoms with E-state index in [-0.39, 0.29) is 11.5 Å². The Morgan fingerprint density at radius 2 is 1.56 bits per heavy atom. The maximum Gasteiger partial charge on any atom is 0.202 e. The summed E-state index contributed by atoms with van der Waals surface area (Å²) in [6, 6.07) is 15.7. The lowest BCUT2D eigenvalue weighted by molar-refractivity contribution is -0.111. The van der Waals surface area contributed by atoms with Crippen LogP contribution in [0.2, 0.25) is 0 Å². The molecule has 1 aliphatic carbocycles. The SMILES string of the molecule is C=C(C)c1ccccc1/C(C)=C1\C(=O)C(c2[nH]c(C)c3ccccc23)=C1O. The minimum absolute atomic E-state index is 0.0565. The fraction of sp³-hybridized carbons (Fsp3) is 0.125. The van der Waals surface area contributed by atoms with Crippen molar-refractivity contribution in [3.63, 3.8) is 0 Å². The van der Waals surface area contributed by atoms with Gasteiger partial charge in [-0.1, -0.05) is 60.7 Å². The smallest absolute Gasteiger partial charge is 0.202 e. The van der Waals surface area contributed by atoms with Crippen molar-refractivity contribution < 1.29 is 9.90 Å². The number of hydrogen-bond acceptors (Lipinski definition) is 2. The zero-order valence-electron chi connectivity index (χ0n) is 15.7. The number of aromatic nitrogens is 1. The quantitative estimate of drug-likeness (QED) is 0.580. The van der Waals surface area contributed by atoms with Crippen LogP contribution in [0.15, 0.2) is 66.4 Å². The molecule has 0 unspecified atom stereocenters. The second kappa shape index (κ2) is 6.13. The molecule has 0 atom stereocenters. The predicted octanol–water partition coefficient (Wildman–Crippen LogP) is 5.83. The van der Waals surface area contributed by atoms with Crippen molar-refractivity contribution in [3.05, 3.63) is 89.0 Å². The van der Waals surface area contributed by atoms with Gasteiger partial charge in [0.25, 0.3) is 0 Å². The van der Waals surface area contributed by atoms with Gasteiger partial charge in [0.15, 0.2) is 0 Å². The van der Waals surface area contributed by atoms with Crippen LogP contribution in [0.1, 0.15) is 36.4 Å². The largest absolute Gasteiger partial charge is 0.506 e. The van der Waals surface area contributed by atoms with Crippen LogP contribution in [-0.2, 0) is 4.79 Å². The molecule has 0 saturated heterocycles. The highest BCUT2D eigenvalue weighted by Crippen LogP contribution is 2.43. The fourth-order valence-electron chi connectivity index (χ4n) is 3.85. The summed E-state index contributed by atoms with van der Waals surface area (Å²) < 4.78 is 0. The van der Waals surface area contributed by atoms with Crippen molar-refractivity contribution in [3.8, 4) is 0 Å². The molecule has 2 N–H and O–H groups in total. The maximum atomic E-state index is 13.0. The van der Waals surface area contributed by atoms with Gasteiger partial charge in [-0.2, -0.15) is 0 Å². The molecule has 0 fully saturated rings. The van der Waals surface area contributed by atoms with E-state index in [0.29, 0.717) is 16.8 Å². The van der Waals surface area contributed by atoms with Gasteiger partial charge in [-0.3, -0.25) is 4.79 Å². The third-order valence-corrected chi connectivity index (χ3v) is 5.26. The van der Waals surface area contributed by atoms with E-state index in [1.54, 1.807) is 0 Å². The topological polar surface area (TPSA) is 53.1 Å². The summed E-state index contributed by atoms with van der Waals surface area (Å²) in [5, 5.41) is 12.8. The van der Waals surface area contributed by atoms with Gasteiger partial charge in [0.2, 0.25) is 5.78 Å². The summed E-state index contributed by atoms with van der Waals surface area (Å²) in [7, 11) is 0. The van der Waals surface area contributed by atoms with Gasteiger partial charge in [0.1, 0.15) is 5.76 Å². The van der Waals surface area contributed by atoms with Gasteiger partial charge in [-0.15, -0.1) is 0 Å². The van der Waals surface area contributed by atoms with E-state index in [2.05, 4.69) is 11.6 Å². The number of hydrogen-bond donors (Lipinski definition) is 2. The second-order valence-electron chi connectivity index (χ2n) is 7.05. The first-order valence-corrected chi connectivity index (χ1v) is 8.94. The lowest BCUT2D eigenvalue weighted by Gasteiger charge is -2.24. The van der Waals surface area contributed by atoms with E-state index in [1.165, 1.54) is 0 Å². The average molecular weight is 355 g/mol. The number of aromatic amines is 1. The number of benzene rings is 2. The molecule has 0 radical (unpaired) electrons. The Hall–Kier alpha value is -3.33. The zero-order chi connectivity index (χ0) is 19.3. The number of carbonyl (C=O) groups excluding carboxylic acids is 1. The highest BCUT2D eigenvalue weighted by atomic mass is 16.3. The van der Waals surface area contributed by atoms with Crippen LogP contribution in [0.25, 0.3) is 27.5 Å². The predicted molar refractivity (Wildman–Crippen MR) is 111 cm³/mol. The number of aliphatic hydroxyl groups is 1. The van der Waals surface area contributed by atoms with E-state index in [1.807, 2.05) is 69.3 Å². The summed E-state index contributed by atoms with van der Waals surface area (Å²) in [6.07, 6.45) is 0. The van der Waals surface area contributed by atoms with Gasteiger partial charge >= 0.3 is 0 Å². The summed E-state index contributed by atoms with van der Waals surface area (Å²) in [6.45, 7) is 9.81. The molecule has 0 amide bonds.